The van der Waals surface area contributed by atoms with Crippen LogP contribution < -0.4 is 0 Å². The summed E-state index contributed by atoms with van der Waals surface area (Å²) in [6.07, 6.45) is 0. The first-order chi connectivity index (χ1) is 62.1. The van der Waals surface area contributed by atoms with Gasteiger partial charge in [-0.3, -0.25) is 0 Å². The molecule has 20 aromatic carbocycles. The van der Waals surface area contributed by atoms with Gasteiger partial charge < -0.3 is 8.80 Å². The summed E-state index contributed by atoms with van der Waals surface area (Å²) in [6, 6.07) is 147. The standard InChI is InChI=1S/C65H43N.C61H51N/c1-65(2)60-16-10-9-15-54(60)55-30-29-50(37-61(55)65)53-35-58-56-33-48-27-25-46(44-21-17-42(18-22-44)40-11-5-3-6-12-40)31-51(48)38-62(56)66-63-39-52-32-47(26-28-49(52)34-57(63)59(36-53)64(58)66)45-23-19-43(20-24-45)41-13-7-4-8-14-41;1-59(2,3)46-22-17-36(18-23-46)38-13-15-40-29-50-52-31-45(42-21-26-49-48-11-9-10-12-54(48)61(7,8)55(49)33-42)32-53-51-30-41-16-14-39(37-19-24-47(25-20-37)60(4,5)6)28-44(41)35-57(51)62(58(52)53)56(50)34-43(40)27-38/h3-39H,1-2H3;9-35H,1-8H3. The minimum Gasteiger partial charge on any atom is -0.308 e. The molecule has 4 heterocycles. The molecule has 4 aromatic heterocycles. The molecule has 608 valence electrons. The van der Waals surface area contributed by atoms with Crippen molar-refractivity contribution in [2.75, 3.05) is 0 Å². The van der Waals surface area contributed by atoms with E-state index < -0.39 is 0 Å². The monoisotopic (exact) mass is 1630 g/mol. The van der Waals surface area contributed by atoms with E-state index in [9.17, 15) is 0 Å². The van der Waals surface area contributed by atoms with E-state index in [1.54, 1.807) is 0 Å². The predicted octanol–water partition coefficient (Wildman–Crippen LogP) is 34.8. The molecule has 2 nitrogen and oxygen atoms in total. The summed E-state index contributed by atoms with van der Waals surface area (Å²) in [4.78, 5) is 0. The Morgan fingerprint density at radius 2 is 0.406 bits per heavy atom. The molecule has 0 amide bonds. The van der Waals surface area contributed by atoms with Crippen molar-refractivity contribution in [2.24, 2.45) is 0 Å². The smallest absolute Gasteiger partial charge is 0.0620 e. The highest BCUT2D eigenvalue weighted by Crippen LogP contribution is 2.54. The fourth-order valence-electron chi connectivity index (χ4n) is 22.2. The van der Waals surface area contributed by atoms with Gasteiger partial charge in [-0.25, -0.2) is 0 Å². The molecule has 2 aliphatic carbocycles. The number of hydrogen-bond acceptors (Lipinski definition) is 0. The molecule has 2 heteroatoms. The summed E-state index contributed by atoms with van der Waals surface area (Å²) in [5.41, 5.74) is 41.3. The lowest BCUT2D eigenvalue weighted by Crippen LogP contribution is -2.14. The first-order valence-corrected chi connectivity index (χ1v) is 45.5. The first kappa shape index (κ1) is 75.6. The SMILES string of the molecule is CC(C)(C)c1ccc(-c2ccc3cc4c5cc(-c6ccc7c(c6)C(C)(C)c6ccccc6-7)cc6c7cc8ccc(-c9ccc(C(C)(C)C)cc9)cc8cc7n(c4cc3c2)c56)cc1.CC1(C)c2ccccc2-c2ccc(-c3cc4c5cc6ccc(-c7ccc(-c8ccccc8)cc7)cc6cc5n5c6cc7cc(-c8ccc(-c9ccccc9)cc8)ccc7cc6c(c3)c45)cc21. The van der Waals surface area contributed by atoms with E-state index in [0.29, 0.717) is 0 Å². The van der Waals surface area contributed by atoms with Gasteiger partial charge in [0.1, 0.15) is 0 Å². The zero-order valence-corrected chi connectivity index (χ0v) is 73.8. The highest BCUT2D eigenvalue weighted by molar-refractivity contribution is 6.29. The molecule has 0 aliphatic heterocycles. The average Bonchev–Trinajstić information content (AvgIpc) is 1.53. The van der Waals surface area contributed by atoms with Crippen molar-refractivity contribution >= 4 is 119 Å². The van der Waals surface area contributed by atoms with E-state index in [4.69, 9.17) is 0 Å². The molecular weight excluding hydrogens is 1540 g/mol. The summed E-state index contributed by atoms with van der Waals surface area (Å²) in [5.74, 6) is 0. The number of hydrogen-bond donors (Lipinski definition) is 0. The third-order valence-corrected chi connectivity index (χ3v) is 29.3. The van der Waals surface area contributed by atoms with E-state index in [-0.39, 0.29) is 21.7 Å². The fourth-order valence-corrected chi connectivity index (χ4v) is 22.2. The zero-order valence-electron chi connectivity index (χ0n) is 73.8. The van der Waals surface area contributed by atoms with Crippen molar-refractivity contribution in [1.29, 1.82) is 0 Å². The highest BCUT2D eigenvalue weighted by atomic mass is 14.9. The van der Waals surface area contributed by atoms with Crippen molar-refractivity contribution in [2.45, 2.75) is 90.9 Å². The summed E-state index contributed by atoms with van der Waals surface area (Å²) < 4.78 is 5.12. The Kier molecular flexibility index (Phi) is 16.4. The summed E-state index contributed by atoms with van der Waals surface area (Å²) in [6.45, 7) is 23.2. The van der Waals surface area contributed by atoms with Gasteiger partial charge in [-0.05, 0) is 308 Å². The van der Waals surface area contributed by atoms with Crippen molar-refractivity contribution in [1.82, 2.24) is 8.80 Å². The minimum atomic E-state index is -0.0745. The lowest BCUT2D eigenvalue weighted by Gasteiger charge is -2.22. The van der Waals surface area contributed by atoms with Crippen molar-refractivity contribution < 1.29 is 0 Å². The molecule has 2 aliphatic rings. The number of fused-ring (bicyclic) bond motifs is 22. The number of benzene rings is 20. The van der Waals surface area contributed by atoms with Crippen molar-refractivity contribution in [3.05, 3.63) is 422 Å². The van der Waals surface area contributed by atoms with Crippen LogP contribution in [0.2, 0.25) is 0 Å². The molecule has 0 radical (unpaired) electrons. The van der Waals surface area contributed by atoms with E-state index in [1.807, 2.05) is 0 Å². The lowest BCUT2D eigenvalue weighted by molar-refractivity contribution is 0.590. The van der Waals surface area contributed by atoms with Crippen LogP contribution in [-0.4, -0.2) is 8.80 Å². The third-order valence-electron chi connectivity index (χ3n) is 29.3. The second-order valence-corrected chi connectivity index (χ2v) is 39.6. The molecule has 0 fully saturated rings. The van der Waals surface area contributed by atoms with Gasteiger partial charge in [0.2, 0.25) is 0 Å². The van der Waals surface area contributed by atoms with Gasteiger partial charge in [0.05, 0.1) is 33.1 Å². The van der Waals surface area contributed by atoms with Gasteiger partial charge in [-0.2, -0.15) is 0 Å². The van der Waals surface area contributed by atoms with Crippen molar-refractivity contribution in [3.8, 4) is 111 Å². The molecular formula is C126H94N2. The van der Waals surface area contributed by atoms with Gasteiger partial charge in [-0.1, -0.05) is 348 Å². The molecule has 0 unspecified atom stereocenters. The Hall–Kier alpha value is -15.0. The largest absolute Gasteiger partial charge is 0.308 e. The molecule has 0 saturated carbocycles. The van der Waals surface area contributed by atoms with Gasteiger partial charge in [-0.15, -0.1) is 0 Å². The quantitative estimate of drug-likeness (QED) is 0.143. The maximum Gasteiger partial charge on any atom is 0.0620 e. The van der Waals surface area contributed by atoms with Crippen LogP contribution in [0.4, 0.5) is 0 Å². The highest BCUT2D eigenvalue weighted by Gasteiger charge is 2.38. The number of nitrogens with zero attached hydrogens (tertiary/aromatic N) is 2. The van der Waals surface area contributed by atoms with Gasteiger partial charge >= 0.3 is 0 Å². The summed E-state index contributed by atoms with van der Waals surface area (Å²) in [5, 5.41) is 20.4. The maximum atomic E-state index is 2.57. The predicted molar refractivity (Wildman–Crippen MR) is 548 cm³/mol. The molecule has 0 spiro atoms. The third kappa shape index (κ3) is 11.8. The second kappa shape index (κ2) is 27.8. The molecule has 0 bridgehead atoms. The van der Waals surface area contributed by atoms with E-state index in [0.717, 1.165) is 0 Å². The van der Waals surface area contributed by atoms with E-state index >= 15 is 0 Å². The van der Waals surface area contributed by atoms with Gasteiger partial charge in [0, 0.05) is 53.9 Å². The average molecular weight is 1640 g/mol. The molecule has 24 aromatic rings. The van der Waals surface area contributed by atoms with Gasteiger partial charge in [0.25, 0.3) is 0 Å². The Labute approximate surface area is 746 Å². The summed E-state index contributed by atoms with van der Waals surface area (Å²) >= 11 is 0. The topological polar surface area (TPSA) is 8.82 Å². The Morgan fingerprint density at radius 3 is 0.703 bits per heavy atom. The van der Waals surface area contributed by atoms with Crippen LogP contribution >= 0.6 is 0 Å². The minimum absolute atomic E-state index is 0.0652. The molecule has 26 rings (SSSR count). The lowest BCUT2D eigenvalue weighted by atomic mass is 9.81. The molecule has 0 saturated heterocycles. The number of rotatable bonds is 8. The van der Waals surface area contributed by atoms with Crippen LogP contribution in [0, 0.1) is 0 Å². The van der Waals surface area contributed by atoms with Gasteiger partial charge in [0.15, 0.2) is 0 Å². The van der Waals surface area contributed by atoms with Crippen molar-refractivity contribution in [3.63, 3.8) is 0 Å². The molecule has 0 atom stereocenters. The van der Waals surface area contributed by atoms with Crippen LogP contribution in [-0.2, 0) is 21.7 Å². The van der Waals surface area contributed by atoms with Crippen LogP contribution in [0.25, 0.3) is 231 Å². The molecule has 128 heavy (non-hydrogen) atoms. The van der Waals surface area contributed by atoms with Crippen LogP contribution in [0.1, 0.15) is 103 Å². The Bertz CT molecular complexity index is 8340. The summed E-state index contributed by atoms with van der Waals surface area (Å²) in [7, 11) is 0. The van der Waals surface area contributed by atoms with Crippen LogP contribution in [0.5, 0.6) is 0 Å². The second-order valence-electron chi connectivity index (χ2n) is 39.6. The van der Waals surface area contributed by atoms with Crippen LogP contribution in [0.15, 0.2) is 388 Å². The van der Waals surface area contributed by atoms with Crippen LogP contribution in [0.3, 0.4) is 0 Å². The van der Waals surface area contributed by atoms with E-state index in [1.165, 1.54) is 264 Å². The zero-order chi connectivity index (χ0) is 86.1. The first-order valence-electron chi connectivity index (χ1n) is 45.5. The fraction of sp³-hybridized carbons (Fsp3) is 0.111. The number of aromatic nitrogens is 2. The maximum absolute atomic E-state index is 2.57. The normalized spacial score (nSPS) is 13.5. The van der Waals surface area contributed by atoms with E-state index in [2.05, 4.69) is 466 Å². The Morgan fingerprint density at radius 1 is 0.172 bits per heavy atom. The molecule has 0 N–H and O–H groups in total. The Balaban J connectivity index is 0.000000139.